The van der Waals surface area contributed by atoms with Gasteiger partial charge in [0.25, 0.3) is 0 Å². The van der Waals surface area contributed by atoms with E-state index in [1.807, 2.05) is 66.7 Å². The molecule has 4 heterocycles. The minimum absolute atomic E-state index is 0.183. The quantitative estimate of drug-likeness (QED) is 0.175. The molecule has 0 atom stereocenters. The zero-order valence-corrected chi connectivity index (χ0v) is 34.1. The van der Waals surface area contributed by atoms with Gasteiger partial charge in [0.2, 0.25) is 0 Å². The standard InChI is InChI=1S/C56H41N3O2/c1-34(2)59-51-22-11-9-21-47(51)54(40-25-26-45-44-20-10-12-23-52(44)61-53(45)33-40)55(59)42-28-35(3)57-48(32-42)38-17-13-18-39(29-38)49-30-41(36-14-5-4-6-15-36)31-50(58-49)46-27-24-37-16-7-8-19-43(37)56(46)60/h4-34,60H,1-3H3. The fraction of sp³-hybridized carbons (Fsp3) is 0.0714. The van der Waals surface area contributed by atoms with Gasteiger partial charge in [0.05, 0.1) is 22.8 Å². The molecule has 292 valence electrons. The van der Waals surface area contributed by atoms with E-state index in [-0.39, 0.29) is 11.8 Å². The topological polar surface area (TPSA) is 64.1 Å². The molecule has 11 rings (SSSR count). The van der Waals surface area contributed by atoms with Crippen LogP contribution in [0.25, 0.3) is 111 Å². The number of hydrogen-bond acceptors (Lipinski definition) is 4. The zero-order valence-electron chi connectivity index (χ0n) is 34.1. The molecule has 0 radical (unpaired) electrons. The molecule has 0 unspecified atom stereocenters. The molecule has 5 heteroatoms. The maximum atomic E-state index is 11.6. The first-order valence-corrected chi connectivity index (χ1v) is 20.8. The number of pyridine rings is 2. The van der Waals surface area contributed by atoms with Gasteiger partial charge < -0.3 is 14.1 Å². The van der Waals surface area contributed by atoms with Crippen LogP contribution in [0.3, 0.4) is 0 Å². The van der Waals surface area contributed by atoms with Crippen LogP contribution in [0.2, 0.25) is 0 Å². The summed E-state index contributed by atoms with van der Waals surface area (Å²) in [4.78, 5) is 10.4. The van der Waals surface area contributed by atoms with Crippen LogP contribution in [0.1, 0.15) is 25.6 Å². The third-order valence-electron chi connectivity index (χ3n) is 11.9. The van der Waals surface area contributed by atoms with Crippen molar-refractivity contribution >= 4 is 43.6 Å². The Balaban J connectivity index is 1.07. The molecule has 0 bridgehead atoms. The van der Waals surface area contributed by atoms with Crippen LogP contribution in [0.5, 0.6) is 5.75 Å². The molecule has 0 fully saturated rings. The van der Waals surface area contributed by atoms with Crippen molar-refractivity contribution in [3.05, 3.63) is 188 Å². The summed E-state index contributed by atoms with van der Waals surface area (Å²) in [5, 5.41) is 16.8. The van der Waals surface area contributed by atoms with Crippen molar-refractivity contribution in [3.63, 3.8) is 0 Å². The number of rotatable bonds is 7. The normalized spacial score (nSPS) is 11.7. The average Bonchev–Trinajstić information content (AvgIpc) is 3.85. The van der Waals surface area contributed by atoms with Gasteiger partial charge in [-0.2, -0.15) is 0 Å². The van der Waals surface area contributed by atoms with Gasteiger partial charge in [-0.3, -0.25) is 4.98 Å². The largest absolute Gasteiger partial charge is 0.507 e. The molecule has 0 aliphatic carbocycles. The number of para-hydroxylation sites is 2. The number of nitrogens with zero attached hydrogens (tertiary/aromatic N) is 3. The predicted molar refractivity (Wildman–Crippen MR) is 252 cm³/mol. The summed E-state index contributed by atoms with van der Waals surface area (Å²) in [6.45, 7) is 6.58. The van der Waals surface area contributed by atoms with Crippen LogP contribution < -0.4 is 0 Å². The van der Waals surface area contributed by atoms with Crippen molar-refractivity contribution in [2.45, 2.75) is 26.8 Å². The van der Waals surface area contributed by atoms with Gasteiger partial charge in [0.1, 0.15) is 16.9 Å². The van der Waals surface area contributed by atoms with Crippen molar-refractivity contribution in [3.8, 4) is 73.0 Å². The molecule has 0 saturated heterocycles. The highest BCUT2D eigenvalue weighted by Crippen LogP contribution is 2.45. The van der Waals surface area contributed by atoms with Crippen LogP contribution >= 0.6 is 0 Å². The maximum Gasteiger partial charge on any atom is 0.136 e. The summed E-state index contributed by atoms with van der Waals surface area (Å²) >= 11 is 0. The lowest BCUT2D eigenvalue weighted by Crippen LogP contribution is -2.04. The van der Waals surface area contributed by atoms with E-state index in [2.05, 4.69) is 141 Å². The first-order valence-electron chi connectivity index (χ1n) is 20.8. The highest BCUT2D eigenvalue weighted by atomic mass is 16.3. The van der Waals surface area contributed by atoms with Gasteiger partial charge in [-0.05, 0) is 104 Å². The molecule has 0 saturated carbocycles. The van der Waals surface area contributed by atoms with Gasteiger partial charge in [0.15, 0.2) is 0 Å². The lowest BCUT2D eigenvalue weighted by Gasteiger charge is -2.18. The van der Waals surface area contributed by atoms with Gasteiger partial charge in [-0.15, -0.1) is 0 Å². The molecule has 0 aliphatic rings. The fourth-order valence-corrected chi connectivity index (χ4v) is 9.12. The summed E-state index contributed by atoms with van der Waals surface area (Å²) in [5.41, 5.74) is 15.5. The molecule has 0 amide bonds. The number of benzene rings is 7. The highest BCUT2D eigenvalue weighted by Gasteiger charge is 2.24. The monoisotopic (exact) mass is 787 g/mol. The lowest BCUT2D eigenvalue weighted by atomic mass is 9.95. The molecule has 11 aromatic rings. The maximum absolute atomic E-state index is 11.6. The molecule has 0 spiro atoms. The van der Waals surface area contributed by atoms with Crippen molar-refractivity contribution in [2.24, 2.45) is 0 Å². The molecular formula is C56H41N3O2. The first-order chi connectivity index (χ1) is 29.9. The van der Waals surface area contributed by atoms with Gasteiger partial charge >= 0.3 is 0 Å². The number of phenolic OH excluding ortho intramolecular Hbond substituents is 1. The summed E-state index contributed by atoms with van der Waals surface area (Å²) < 4.78 is 8.89. The number of fused-ring (bicyclic) bond motifs is 5. The van der Waals surface area contributed by atoms with Crippen LogP contribution in [0.15, 0.2) is 186 Å². The summed E-state index contributed by atoms with van der Waals surface area (Å²) in [6, 6.07) is 63.1. The Kier molecular flexibility index (Phi) is 8.64. The van der Waals surface area contributed by atoms with E-state index in [4.69, 9.17) is 14.4 Å². The Morgan fingerprint density at radius 3 is 1.95 bits per heavy atom. The average molecular weight is 788 g/mol. The third kappa shape index (κ3) is 6.25. The molecule has 7 aromatic carbocycles. The Morgan fingerprint density at radius 2 is 1.13 bits per heavy atom. The number of phenols is 1. The minimum atomic E-state index is 0.183. The second-order valence-electron chi connectivity index (χ2n) is 16.2. The molecule has 5 nitrogen and oxygen atoms in total. The van der Waals surface area contributed by atoms with E-state index in [9.17, 15) is 5.11 Å². The van der Waals surface area contributed by atoms with E-state index in [0.717, 1.165) is 88.9 Å². The Morgan fingerprint density at radius 1 is 0.475 bits per heavy atom. The molecule has 0 aliphatic heterocycles. The second-order valence-corrected chi connectivity index (χ2v) is 16.2. The molecule has 61 heavy (non-hydrogen) atoms. The third-order valence-corrected chi connectivity index (χ3v) is 11.9. The predicted octanol–water partition coefficient (Wildman–Crippen LogP) is 15.1. The van der Waals surface area contributed by atoms with E-state index in [0.29, 0.717) is 11.3 Å². The SMILES string of the molecule is Cc1cc(-c2c(-c3ccc4c(c3)oc3ccccc34)c3ccccc3n2C(C)C)cc(-c2cccc(-c3cc(-c4ccccc4)cc(-c4ccc5ccccc5c4O)n3)c2)n1. The van der Waals surface area contributed by atoms with Crippen molar-refractivity contribution in [1.29, 1.82) is 0 Å². The zero-order chi connectivity index (χ0) is 41.2. The summed E-state index contributed by atoms with van der Waals surface area (Å²) in [6.07, 6.45) is 0. The molecule has 1 N–H and O–H groups in total. The number of aromatic nitrogens is 3. The molecular weight excluding hydrogens is 747 g/mol. The van der Waals surface area contributed by atoms with E-state index in [1.165, 1.54) is 16.5 Å². The summed E-state index contributed by atoms with van der Waals surface area (Å²) in [7, 11) is 0. The van der Waals surface area contributed by atoms with E-state index < -0.39 is 0 Å². The van der Waals surface area contributed by atoms with Crippen LogP contribution in [-0.2, 0) is 0 Å². The smallest absolute Gasteiger partial charge is 0.136 e. The lowest BCUT2D eigenvalue weighted by molar-refractivity contribution is 0.483. The van der Waals surface area contributed by atoms with Crippen molar-refractivity contribution in [2.75, 3.05) is 0 Å². The Labute approximate surface area is 353 Å². The Bertz CT molecular complexity index is 3480. The van der Waals surface area contributed by atoms with Crippen LogP contribution in [0.4, 0.5) is 0 Å². The second kappa shape index (κ2) is 14.5. The van der Waals surface area contributed by atoms with E-state index >= 15 is 0 Å². The minimum Gasteiger partial charge on any atom is -0.507 e. The van der Waals surface area contributed by atoms with Crippen LogP contribution in [0, 0.1) is 6.92 Å². The Hall–Kier alpha value is -7.76. The highest BCUT2D eigenvalue weighted by molar-refractivity contribution is 6.09. The van der Waals surface area contributed by atoms with Gasteiger partial charge in [-0.1, -0.05) is 121 Å². The number of furan rings is 1. The van der Waals surface area contributed by atoms with Gasteiger partial charge in [-0.25, -0.2) is 4.98 Å². The fourth-order valence-electron chi connectivity index (χ4n) is 9.12. The van der Waals surface area contributed by atoms with Gasteiger partial charge in [0, 0.05) is 66.6 Å². The summed E-state index contributed by atoms with van der Waals surface area (Å²) in [5.74, 6) is 0.225. The van der Waals surface area contributed by atoms with Crippen LogP contribution in [-0.4, -0.2) is 19.6 Å². The van der Waals surface area contributed by atoms with Crippen molar-refractivity contribution in [1.82, 2.24) is 14.5 Å². The first kappa shape index (κ1) is 36.3. The molecule has 4 aromatic heterocycles. The number of aromatic hydroxyl groups is 1. The number of aryl methyl sites for hydroxylation is 1. The van der Waals surface area contributed by atoms with E-state index in [1.54, 1.807) is 0 Å². The van der Waals surface area contributed by atoms with Crippen molar-refractivity contribution < 1.29 is 9.52 Å². The number of hydrogen-bond donors (Lipinski definition) is 1.